The molecule has 0 saturated heterocycles. The molecule has 0 unspecified atom stereocenters. The van der Waals surface area contributed by atoms with Crippen molar-refractivity contribution in [2.75, 3.05) is 23.9 Å². The van der Waals surface area contributed by atoms with Crippen LogP contribution in [0.1, 0.15) is 12.5 Å². The molecule has 32 heavy (non-hydrogen) atoms. The fourth-order valence-corrected chi connectivity index (χ4v) is 3.15. The molecule has 3 rings (SSSR count). The number of benzene rings is 3. The molecule has 3 aromatic rings. The van der Waals surface area contributed by atoms with Crippen LogP contribution in [0.3, 0.4) is 0 Å². The minimum absolute atomic E-state index is 0.250. The van der Waals surface area contributed by atoms with Crippen LogP contribution in [-0.4, -0.2) is 36.9 Å². The Morgan fingerprint density at radius 3 is 2.22 bits per heavy atom. The number of carbonyl (C=O) groups excluding carboxylic acids is 2. The Balaban J connectivity index is 1.80. The Labute approximate surface area is 182 Å². The second kappa shape index (κ2) is 8.88. The Kier molecular flexibility index (Phi) is 6.40. The molecule has 2 N–H and O–H groups in total. The van der Waals surface area contributed by atoms with Crippen LogP contribution in [0.15, 0.2) is 66.7 Å². The minimum Gasteiger partial charge on any atom is -0.463 e. The SMILES string of the molecule is CCOC(=O)[C@](O)(c1ccc(N(C)C(=O)Nc2ccc3ccccc3c2)cc1)C(F)(F)F. The number of nitrogens with one attached hydrogen (secondary N) is 1. The maximum absolute atomic E-state index is 13.5. The van der Waals surface area contributed by atoms with E-state index >= 15 is 0 Å². The largest absolute Gasteiger partial charge is 0.463 e. The molecule has 0 aliphatic carbocycles. The van der Waals surface area contributed by atoms with E-state index in [-0.39, 0.29) is 12.3 Å². The summed E-state index contributed by atoms with van der Waals surface area (Å²) in [6.45, 7) is 1.01. The van der Waals surface area contributed by atoms with Crippen molar-refractivity contribution in [3.63, 3.8) is 0 Å². The van der Waals surface area contributed by atoms with E-state index in [4.69, 9.17) is 0 Å². The lowest BCUT2D eigenvalue weighted by atomic mass is 9.93. The maximum atomic E-state index is 13.5. The highest BCUT2D eigenvalue weighted by Crippen LogP contribution is 2.40. The molecule has 0 bridgehead atoms. The van der Waals surface area contributed by atoms with Crippen LogP contribution in [0, 0.1) is 0 Å². The summed E-state index contributed by atoms with van der Waals surface area (Å²) in [6.07, 6.45) is -5.29. The van der Waals surface area contributed by atoms with Gasteiger partial charge in [-0.05, 0) is 42.0 Å². The summed E-state index contributed by atoms with van der Waals surface area (Å²) >= 11 is 0. The van der Waals surface area contributed by atoms with Crippen LogP contribution in [0.4, 0.5) is 29.3 Å². The first-order chi connectivity index (χ1) is 15.1. The van der Waals surface area contributed by atoms with E-state index in [1.807, 2.05) is 30.3 Å². The Morgan fingerprint density at radius 2 is 1.62 bits per heavy atom. The van der Waals surface area contributed by atoms with Crippen molar-refractivity contribution < 1.29 is 32.6 Å². The summed E-state index contributed by atoms with van der Waals surface area (Å²) in [7, 11) is 1.44. The van der Waals surface area contributed by atoms with E-state index in [9.17, 15) is 27.9 Å². The van der Waals surface area contributed by atoms with Crippen molar-refractivity contribution in [1.29, 1.82) is 0 Å². The van der Waals surface area contributed by atoms with Crippen LogP contribution in [0.2, 0.25) is 0 Å². The molecule has 0 radical (unpaired) electrons. The second-order valence-corrected chi connectivity index (χ2v) is 7.03. The highest BCUT2D eigenvalue weighted by molar-refractivity contribution is 6.02. The van der Waals surface area contributed by atoms with E-state index in [2.05, 4.69) is 10.1 Å². The second-order valence-electron chi connectivity index (χ2n) is 7.03. The van der Waals surface area contributed by atoms with Gasteiger partial charge in [0.1, 0.15) is 0 Å². The minimum atomic E-state index is -5.29. The molecule has 3 aromatic carbocycles. The van der Waals surface area contributed by atoms with Crippen LogP contribution >= 0.6 is 0 Å². The number of fused-ring (bicyclic) bond motifs is 1. The predicted molar refractivity (Wildman–Crippen MR) is 114 cm³/mol. The lowest BCUT2D eigenvalue weighted by Crippen LogP contribution is -2.50. The molecule has 0 aliphatic rings. The van der Waals surface area contributed by atoms with E-state index < -0.39 is 29.3 Å². The third kappa shape index (κ3) is 4.38. The number of ether oxygens (including phenoxy) is 1. The average Bonchev–Trinajstić information content (AvgIpc) is 2.77. The molecule has 0 aliphatic heterocycles. The number of carbonyl (C=O) groups is 2. The van der Waals surface area contributed by atoms with Gasteiger partial charge in [0, 0.05) is 24.0 Å². The number of anilines is 2. The van der Waals surface area contributed by atoms with Gasteiger partial charge < -0.3 is 15.2 Å². The zero-order valence-electron chi connectivity index (χ0n) is 17.3. The van der Waals surface area contributed by atoms with E-state index in [1.54, 1.807) is 12.1 Å². The molecule has 0 aromatic heterocycles. The number of alkyl halides is 3. The van der Waals surface area contributed by atoms with Crippen molar-refractivity contribution in [2.24, 2.45) is 0 Å². The van der Waals surface area contributed by atoms with Gasteiger partial charge in [-0.1, -0.05) is 42.5 Å². The summed E-state index contributed by atoms with van der Waals surface area (Å²) in [4.78, 5) is 25.7. The number of nitrogens with zero attached hydrogens (tertiary/aromatic N) is 1. The zero-order chi connectivity index (χ0) is 23.5. The fraction of sp³-hybridized carbons (Fsp3) is 0.217. The first-order valence-electron chi connectivity index (χ1n) is 9.68. The molecule has 6 nitrogen and oxygen atoms in total. The Bertz CT molecular complexity index is 1130. The van der Waals surface area contributed by atoms with Gasteiger partial charge in [-0.25, -0.2) is 9.59 Å². The van der Waals surface area contributed by atoms with Crippen molar-refractivity contribution in [3.05, 3.63) is 72.3 Å². The molecule has 2 amide bonds. The number of aliphatic hydroxyl groups is 1. The van der Waals surface area contributed by atoms with Gasteiger partial charge in [-0.3, -0.25) is 4.90 Å². The Hall–Kier alpha value is -3.59. The Morgan fingerprint density at radius 1 is 1.00 bits per heavy atom. The first kappa shape index (κ1) is 23.1. The van der Waals surface area contributed by atoms with Gasteiger partial charge in [0.15, 0.2) is 0 Å². The third-order valence-corrected chi connectivity index (χ3v) is 4.96. The normalized spacial score (nSPS) is 13.3. The molecule has 168 valence electrons. The quantitative estimate of drug-likeness (QED) is 0.551. The number of esters is 1. The third-order valence-electron chi connectivity index (χ3n) is 4.96. The number of rotatable bonds is 5. The lowest BCUT2D eigenvalue weighted by molar-refractivity contribution is -0.267. The predicted octanol–water partition coefficient (Wildman–Crippen LogP) is 4.82. The van der Waals surface area contributed by atoms with Gasteiger partial charge in [-0.15, -0.1) is 0 Å². The van der Waals surface area contributed by atoms with Gasteiger partial charge in [0.2, 0.25) is 0 Å². The fourth-order valence-electron chi connectivity index (χ4n) is 3.15. The van der Waals surface area contributed by atoms with Gasteiger partial charge >= 0.3 is 18.2 Å². The number of amides is 2. The molecule has 0 heterocycles. The molecule has 0 fully saturated rings. The van der Waals surface area contributed by atoms with E-state index in [0.717, 1.165) is 22.9 Å². The van der Waals surface area contributed by atoms with E-state index in [1.165, 1.54) is 31.0 Å². The van der Waals surface area contributed by atoms with Crippen LogP contribution in [0.25, 0.3) is 10.8 Å². The van der Waals surface area contributed by atoms with Crippen LogP contribution in [0.5, 0.6) is 0 Å². The van der Waals surface area contributed by atoms with Crippen molar-refractivity contribution in [3.8, 4) is 0 Å². The number of hydrogen-bond donors (Lipinski definition) is 2. The lowest BCUT2D eigenvalue weighted by Gasteiger charge is -2.29. The van der Waals surface area contributed by atoms with Crippen molar-refractivity contribution in [1.82, 2.24) is 0 Å². The average molecular weight is 446 g/mol. The number of halogens is 3. The molecule has 1 atom stereocenters. The summed E-state index contributed by atoms with van der Waals surface area (Å²) in [5.74, 6) is -1.82. The van der Waals surface area contributed by atoms with Gasteiger partial charge in [0.05, 0.1) is 6.61 Å². The number of hydrogen-bond acceptors (Lipinski definition) is 4. The van der Waals surface area contributed by atoms with E-state index in [0.29, 0.717) is 5.69 Å². The first-order valence-corrected chi connectivity index (χ1v) is 9.68. The summed E-state index contributed by atoms with van der Waals surface area (Å²) in [6, 6.07) is 16.7. The monoisotopic (exact) mass is 446 g/mol. The van der Waals surface area contributed by atoms with Crippen LogP contribution < -0.4 is 10.2 Å². The smallest absolute Gasteiger partial charge is 0.432 e. The highest BCUT2D eigenvalue weighted by atomic mass is 19.4. The molecular formula is C23H21F3N2O4. The van der Waals surface area contributed by atoms with Crippen LogP contribution in [-0.2, 0) is 15.1 Å². The molecule has 9 heteroatoms. The number of urea groups is 1. The molecular weight excluding hydrogens is 425 g/mol. The summed E-state index contributed by atoms with van der Waals surface area (Å²) < 4.78 is 44.9. The zero-order valence-corrected chi connectivity index (χ0v) is 17.3. The topological polar surface area (TPSA) is 78.9 Å². The molecule has 0 spiro atoms. The summed E-state index contributed by atoms with van der Waals surface area (Å²) in [5.41, 5.74) is -3.73. The van der Waals surface area contributed by atoms with Crippen molar-refractivity contribution in [2.45, 2.75) is 18.7 Å². The highest BCUT2D eigenvalue weighted by Gasteiger charge is 2.62. The molecule has 0 saturated carbocycles. The van der Waals surface area contributed by atoms with Gasteiger partial charge in [-0.2, -0.15) is 13.2 Å². The van der Waals surface area contributed by atoms with Crippen molar-refractivity contribution >= 4 is 34.1 Å². The summed E-state index contributed by atoms with van der Waals surface area (Å²) in [5, 5.41) is 14.8. The maximum Gasteiger partial charge on any atom is 0.432 e. The van der Waals surface area contributed by atoms with Gasteiger partial charge in [0.25, 0.3) is 5.60 Å². The standard InChI is InChI=1S/C23H21F3N2O4/c1-3-32-20(29)22(31,23(24,25)26)17-9-12-19(13-10-17)28(2)21(30)27-18-11-8-15-6-4-5-7-16(15)14-18/h4-14,31H,3H2,1-2H3,(H,27,30)/t22-/m1/s1.